The molecule has 2 aromatic rings. The van der Waals surface area contributed by atoms with Crippen LogP contribution in [0.1, 0.15) is 37.6 Å². The highest BCUT2D eigenvalue weighted by Crippen LogP contribution is 2.20. The van der Waals surface area contributed by atoms with Crippen LogP contribution in [-0.2, 0) is 11.2 Å². The SMILES string of the molecule is CC(C)c1ccc(-c2noc(CCC(=O)NCC3CNCC3O)n2)cc1.Cl. The van der Waals surface area contributed by atoms with E-state index < -0.39 is 6.10 Å². The summed E-state index contributed by atoms with van der Waals surface area (Å²) in [6.07, 6.45) is 0.286. The number of carbonyl (C=O) groups is 1. The van der Waals surface area contributed by atoms with Gasteiger partial charge in [-0.25, -0.2) is 0 Å². The summed E-state index contributed by atoms with van der Waals surface area (Å²) < 4.78 is 5.25. The van der Waals surface area contributed by atoms with E-state index in [1.165, 1.54) is 5.56 Å². The fraction of sp³-hybridized carbons (Fsp3) is 0.526. The quantitative estimate of drug-likeness (QED) is 0.663. The Morgan fingerprint density at radius 2 is 2.07 bits per heavy atom. The number of hydrogen-bond acceptors (Lipinski definition) is 6. The van der Waals surface area contributed by atoms with Crippen LogP contribution in [0.25, 0.3) is 11.4 Å². The molecule has 3 rings (SSSR count). The number of aryl methyl sites for hydroxylation is 1. The molecule has 7 nitrogen and oxygen atoms in total. The standard InChI is InChI=1S/C19H26N4O3.ClH/c1-12(2)13-3-5-14(6-4-13)19-22-18(26-23-19)8-7-17(25)21-10-15-9-20-11-16(15)24;/h3-6,12,15-16,20,24H,7-11H2,1-2H3,(H,21,25);1H. The Labute approximate surface area is 165 Å². The van der Waals surface area contributed by atoms with Crippen LogP contribution in [0.3, 0.4) is 0 Å². The van der Waals surface area contributed by atoms with Gasteiger partial charge in [0.2, 0.25) is 17.6 Å². The van der Waals surface area contributed by atoms with Gasteiger partial charge in [-0.05, 0) is 11.5 Å². The van der Waals surface area contributed by atoms with Crippen LogP contribution < -0.4 is 10.6 Å². The Bertz CT molecular complexity index is 733. The minimum Gasteiger partial charge on any atom is -0.391 e. The summed E-state index contributed by atoms with van der Waals surface area (Å²) in [4.78, 5) is 16.3. The molecule has 1 amide bonds. The number of halogens is 1. The number of aliphatic hydroxyl groups excluding tert-OH is 1. The highest BCUT2D eigenvalue weighted by molar-refractivity contribution is 5.85. The number of aliphatic hydroxyl groups is 1. The Morgan fingerprint density at radius 3 is 2.70 bits per heavy atom. The molecule has 1 aromatic heterocycles. The van der Waals surface area contributed by atoms with Gasteiger partial charge >= 0.3 is 0 Å². The van der Waals surface area contributed by atoms with E-state index in [4.69, 9.17) is 4.52 Å². The average molecular weight is 395 g/mol. The molecule has 1 fully saturated rings. The van der Waals surface area contributed by atoms with Gasteiger partial charge in [-0.2, -0.15) is 4.98 Å². The van der Waals surface area contributed by atoms with E-state index in [1.54, 1.807) is 0 Å². The van der Waals surface area contributed by atoms with Gasteiger partial charge in [0.05, 0.1) is 6.10 Å². The number of benzene rings is 1. The lowest BCUT2D eigenvalue weighted by Crippen LogP contribution is -2.34. The molecule has 2 heterocycles. The van der Waals surface area contributed by atoms with Gasteiger partial charge in [-0.3, -0.25) is 4.79 Å². The summed E-state index contributed by atoms with van der Waals surface area (Å²) in [6, 6.07) is 8.10. The van der Waals surface area contributed by atoms with E-state index in [1.807, 2.05) is 12.1 Å². The average Bonchev–Trinajstić information content (AvgIpc) is 3.27. The van der Waals surface area contributed by atoms with E-state index >= 15 is 0 Å². The Kier molecular flexibility index (Phi) is 7.77. The monoisotopic (exact) mass is 394 g/mol. The van der Waals surface area contributed by atoms with Crippen LogP contribution in [0.15, 0.2) is 28.8 Å². The first-order chi connectivity index (χ1) is 12.5. The molecule has 3 N–H and O–H groups in total. The third-order valence-corrected chi connectivity index (χ3v) is 4.74. The summed E-state index contributed by atoms with van der Waals surface area (Å²) >= 11 is 0. The Balaban J connectivity index is 0.00000261. The van der Waals surface area contributed by atoms with Crippen molar-refractivity contribution in [3.05, 3.63) is 35.7 Å². The van der Waals surface area contributed by atoms with Crippen molar-refractivity contribution in [2.75, 3.05) is 19.6 Å². The van der Waals surface area contributed by atoms with E-state index in [2.05, 4.69) is 46.8 Å². The molecule has 2 atom stereocenters. The molecule has 0 aliphatic carbocycles. The largest absolute Gasteiger partial charge is 0.391 e. The van der Waals surface area contributed by atoms with Crippen LogP contribution >= 0.6 is 12.4 Å². The zero-order valence-corrected chi connectivity index (χ0v) is 16.5. The van der Waals surface area contributed by atoms with Crippen molar-refractivity contribution in [3.8, 4) is 11.4 Å². The molecule has 27 heavy (non-hydrogen) atoms. The molecule has 0 saturated carbocycles. The summed E-state index contributed by atoms with van der Waals surface area (Å²) in [5.74, 6) is 1.46. The van der Waals surface area contributed by atoms with Gasteiger partial charge in [0, 0.05) is 44.0 Å². The van der Waals surface area contributed by atoms with Crippen molar-refractivity contribution >= 4 is 18.3 Å². The van der Waals surface area contributed by atoms with Gasteiger partial charge in [0.25, 0.3) is 0 Å². The molecular weight excluding hydrogens is 368 g/mol. The normalized spacial score (nSPS) is 19.1. The highest BCUT2D eigenvalue weighted by Gasteiger charge is 2.25. The smallest absolute Gasteiger partial charge is 0.227 e. The van der Waals surface area contributed by atoms with Crippen molar-refractivity contribution < 1.29 is 14.4 Å². The van der Waals surface area contributed by atoms with Crippen LogP contribution in [0.2, 0.25) is 0 Å². The topological polar surface area (TPSA) is 100 Å². The number of amides is 1. The first-order valence-electron chi connectivity index (χ1n) is 9.11. The second-order valence-corrected chi connectivity index (χ2v) is 7.08. The maximum atomic E-state index is 12.0. The molecule has 148 valence electrons. The van der Waals surface area contributed by atoms with Crippen molar-refractivity contribution in [2.24, 2.45) is 5.92 Å². The predicted octanol–water partition coefficient (Wildman–Crippen LogP) is 1.91. The second kappa shape index (κ2) is 9.82. The van der Waals surface area contributed by atoms with Gasteiger partial charge in [0.1, 0.15) is 0 Å². The fourth-order valence-corrected chi connectivity index (χ4v) is 2.97. The zero-order valence-electron chi connectivity index (χ0n) is 15.6. The van der Waals surface area contributed by atoms with Crippen molar-refractivity contribution in [1.82, 2.24) is 20.8 Å². The van der Waals surface area contributed by atoms with Crippen molar-refractivity contribution in [2.45, 2.75) is 38.7 Å². The van der Waals surface area contributed by atoms with E-state index in [0.717, 1.165) is 12.1 Å². The first-order valence-corrected chi connectivity index (χ1v) is 9.11. The summed E-state index contributed by atoms with van der Waals surface area (Å²) in [6.45, 7) is 6.09. The predicted molar refractivity (Wildman–Crippen MR) is 105 cm³/mol. The van der Waals surface area contributed by atoms with E-state index in [9.17, 15) is 9.90 Å². The molecule has 1 aliphatic heterocycles. The van der Waals surface area contributed by atoms with Gasteiger partial charge in [0.15, 0.2) is 0 Å². The molecule has 1 aromatic carbocycles. The molecule has 1 aliphatic rings. The molecule has 0 bridgehead atoms. The summed E-state index contributed by atoms with van der Waals surface area (Å²) in [7, 11) is 0. The number of nitrogens with zero attached hydrogens (tertiary/aromatic N) is 2. The lowest BCUT2D eigenvalue weighted by Gasteiger charge is -2.13. The molecular formula is C19H27ClN4O3. The fourth-order valence-electron chi connectivity index (χ4n) is 2.97. The number of β-amino-alcohol motifs (C(OH)–C–C–N with tert-alkyl or cyclic N) is 1. The number of nitrogens with one attached hydrogen (secondary N) is 2. The third-order valence-electron chi connectivity index (χ3n) is 4.74. The molecule has 8 heteroatoms. The first kappa shape index (κ1) is 21.3. The highest BCUT2D eigenvalue weighted by atomic mass is 35.5. The van der Waals surface area contributed by atoms with Crippen LogP contribution in [-0.4, -0.2) is 46.9 Å². The summed E-state index contributed by atoms with van der Waals surface area (Å²) in [5, 5.41) is 19.7. The molecule has 0 radical (unpaired) electrons. The van der Waals surface area contributed by atoms with Crippen LogP contribution in [0, 0.1) is 5.92 Å². The minimum atomic E-state index is -0.393. The lowest BCUT2D eigenvalue weighted by molar-refractivity contribution is -0.121. The maximum Gasteiger partial charge on any atom is 0.227 e. The summed E-state index contributed by atoms with van der Waals surface area (Å²) in [5.41, 5.74) is 2.16. The Hall–Kier alpha value is -1.96. The molecule has 1 saturated heterocycles. The van der Waals surface area contributed by atoms with Gasteiger partial charge in [-0.1, -0.05) is 43.3 Å². The van der Waals surface area contributed by atoms with E-state index in [0.29, 0.717) is 37.1 Å². The van der Waals surface area contributed by atoms with Gasteiger partial charge < -0.3 is 20.3 Å². The van der Waals surface area contributed by atoms with Crippen LogP contribution in [0.5, 0.6) is 0 Å². The van der Waals surface area contributed by atoms with E-state index in [-0.39, 0.29) is 30.7 Å². The number of rotatable bonds is 7. The molecule has 0 spiro atoms. The van der Waals surface area contributed by atoms with Gasteiger partial charge in [-0.15, -0.1) is 12.4 Å². The number of carbonyl (C=O) groups excluding carboxylic acids is 1. The van der Waals surface area contributed by atoms with Crippen LogP contribution in [0.4, 0.5) is 0 Å². The minimum absolute atomic E-state index is 0. The lowest BCUT2D eigenvalue weighted by atomic mass is 10.0. The number of aromatic nitrogens is 2. The Morgan fingerprint density at radius 1 is 1.33 bits per heavy atom. The molecule has 2 unspecified atom stereocenters. The van der Waals surface area contributed by atoms with Crippen molar-refractivity contribution in [1.29, 1.82) is 0 Å². The second-order valence-electron chi connectivity index (χ2n) is 7.08. The third kappa shape index (κ3) is 5.76. The number of hydrogen-bond donors (Lipinski definition) is 3. The maximum absolute atomic E-state index is 12.0. The van der Waals surface area contributed by atoms with Crippen molar-refractivity contribution in [3.63, 3.8) is 0 Å². The zero-order chi connectivity index (χ0) is 18.5.